The largest absolute Gasteiger partial charge is 0.337 e. The van der Waals surface area contributed by atoms with Crippen molar-refractivity contribution in [3.63, 3.8) is 0 Å². The van der Waals surface area contributed by atoms with Crippen LogP contribution in [0.5, 0.6) is 0 Å². The van der Waals surface area contributed by atoms with Crippen LogP contribution in [0.1, 0.15) is 11.9 Å². The van der Waals surface area contributed by atoms with Crippen molar-refractivity contribution in [2.24, 2.45) is 7.05 Å². The lowest BCUT2D eigenvalue weighted by Crippen LogP contribution is -2.49. The number of nitrogens with zero attached hydrogens (tertiary/aromatic N) is 3. The van der Waals surface area contributed by atoms with Crippen molar-refractivity contribution in [1.29, 1.82) is 0 Å². The number of sulfonamides is 1. The van der Waals surface area contributed by atoms with Crippen molar-refractivity contribution in [2.75, 3.05) is 19.6 Å². The molecule has 22 heavy (non-hydrogen) atoms. The topological polar surface area (TPSA) is 67.2 Å². The van der Waals surface area contributed by atoms with Crippen LogP contribution in [0.3, 0.4) is 0 Å². The molecule has 1 atom stereocenters. The van der Waals surface area contributed by atoms with Gasteiger partial charge in [0, 0.05) is 39.1 Å². The minimum Gasteiger partial charge on any atom is -0.337 e. The molecule has 1 fully saturated rings. The van der Waals surface area contributed by atoms with Crippen LogP contribution in [0.25, 0.3) is 0 Å². The van der Waals surface area contributed by atoms with E-state index in [0.29, 0.717) is 23.8 Å². The Balaban J connectivity index is 0.00000176. The summed E-state index contributed by atoms with van der Waals surface area (Å²) in [6, 6.07) is 3.11. The van der Waals surface area contributed by atoms with Crippen LogP contribution < -0.4 is 5.32 Å². The van der Waals surface area contributed by atoms with Crippen LogP contribution in [0.4, 0.5) is 0 Å². The summed E-state index contributed by atoms with van der Waals surface area (Å²) in [5, 5.41) is 3.24. The molecule has 10 heteroatoms. The summed E-state index contributed by atoms with van der Waals surface area (Å²) in [7, 11) is -1.63. The lowest BCUT2D eigenvalue weighted by molar-refractivity contribution is 0.259. The number of aryl methyl sites for hydroxylation is 1. The summed E-state index contributed by atoms with van der Waals surface area (Å²) < 4.78 is 30.3. The molecule has 6 nitrogen and oxygen atoms in total. The smallest absolute Gasteiger partial charge is 0.253 e. The first-order valence-corrected chi connectivity index (χ1v) is 9.50. The molecule has 0 bridgehead atoms. The molecule has 3 heterocycles. The van der Waals surface area contributed by atoms with Gasteiger partial charge >= 0.3 is 0 Å². The third-order valence-electron chi connectivity index (χ3n) is 3.46. The normalized spacial score (nSPS) is 19.8. The Morgan fingerprint density at radius 3 is 2.82 bits per heavy atom. The van der Waals surface area contributed by atoms with Crippen molar-refractivity contribution < 1.29 is 8.42 Å². The average Bonchev–Trinajstić information content (AvgIpc) is 3.08. The lowest BCUT2D eigenvalue weighted by Gasteiger charge is -2.34. The number of nitrogens with one attached hydrogen (secondary N) is 1. The molecule has 1 aliphatic heterocycles. The van der Waals surface area contributed by atoms with Gasteiger partial charge in [0.05, 0.1) is 9.83 Å². The highest BCUT2D eigenvalue weighted by atomic mass is 79.9. The molecular formula is C12H16BrClN4O2S2. The molecule has 1 saturated heterocycles. The fourth-order valence-corrected chi connectivity index (χ4v) is 6.17. The van der Waals surface area contributed by atoms with Gasteiger partial charge in [-0.15, -0.1) is 23.7 Å². The van der Waals surface area contributed by atoms with Gasteiger partial charge in [0.15, 0.2) is 0 Å². The Morgan fingerprint density at radius 1 is 1.45 bits per heavy atom. The molecule has 0 radical (unpaired) electrons. The summed E-state index contributed by atoms with van der Waals surface area (Å²) in [5.41, 5.74) is 0. The van der Waals surface area contributed by atoms with Crippen LogP contribution >= 0.6 is 39.7 Å². The van der Waals surface area contributed by atoms with E-state index >= 15 is 0 Å². The quantitative estimate of drug-likeness (QED) is 0.813. The number of rotatable bonds is 3. The average molecular weight is 428 g/mol. The molecule has 0 aromatic carbocycles. The van der Waals surface area contributed by atoms with E-state index in [9.17, 15) is 8.42 Å². The van der Waals surface area contributed by atoms with E-state index in [0.717, 1.165) is 9.61 Å². The van der Waals surface area contributed by atoms with Crippen LogP contribution in [0.2, 0.25) is 0 Å². The van der Waals surface area contributed by atoms with Gasteiger partial charge in [0.25, 0.3) is 10.0 Å². The van der Waals surface area contributed by atoms with Crippen molar-refractivity contribution in [3.05, 3.63) is 34.1 Å². The Kier molecular flexibility index (Phi) is 5.68. The molecule has 0 amide bonds. The van der Waals surface area contributed by atoms with Crippen molar-refractivity contribution in [3.8, 4) is 0 Å². The molecule has 1 aliphatic rings. The summed E-state index contributed by atoms with van der Waals surface area (Å²) in [6.45, 7) is 1.65. The maximum atomic E-state index is 12.9. The van der Waals surface area contributed by atoms with Crippen molar-refractivity contribution in [2.45, 2.75) is 10.3 Å². The highest BCUT2D eigenvalue weighted by Crippen LogP contribution is 2.33. The SMILES string of the molecule is Cl.Cn1ccnc1C1CNCCN1S(=O)(=O)c1ccc(Br)s1. The van der Waals surface area contributed by atoms with E-state index in [-0.39, 0.29) is 18.4 Å². The summed E-state index contributed by atoms with van der Waals surface area (Å²) in [6.07, 6.45) is 3.52. The molecule has 1 N–H and O–H groups in total. The number of piperazine rings is 1. The molecule has 122 valence electrons. The van der Waals surface area contributed by atoms with Gasteiger partial charge in [-0.1, -0.05) is 0 Å². The number of thiophene rings is 1. The van der Waals surface area contributed by atoms with Gasteiger partial charge in [0.2, 0.25) is 0 Å². The molecule has 2 aromatic rings. The van der Waals surface area contributed by atoms with Gasteiger partial charge < -0.3 is 9.88 Å². The number of halogens is 2. The second kappa shape index (κ2) is 6.98. The lowest BCUT2D eigenvalue weighted by atomic mass is 10.2. The second-order valence-corrected chi connectivity index (χ2v) is 9.37. The highest BCUT2D eigenvalue weighted by Gasteiger charge is 2.37. The third kappa shape index (κ3) is 3.24. The van der Waals surface area contributed by atoms with Crippen LogP contribution in [0.15, 0.2) is 32.5 Å². The maximum Gasteiger partial charge on any atom is 0.253 e. The highest BCUT2D eigenvalue weighted by molar-refractivity contribution is 9.11. The van der Waals surface area contributed by atoms with E-state index < -0.39 is 10.0 Å². The Bertz CT molecular complexity index is 746. The first-order chi connectivity index (χ1) is 10.00. The zero-order valence-electron chi connectivity index (χ0n) is 11.8. The van der Waals surface area contributed by atoms with Gasteiger partial charge in [-0.2, -0.15) is 4.31 Å². The van der Waals surface area contributed by atoms with Crippen LogP contribution in [0, 0.1) is 0 Å². The van der Waals surface area contributed by atoms with Gasteiger partial charge in [-0.3, -0.25) is 0 Å². The van der Waals surface area contributed by atoms with E-state index in [1.807, 2.05) is 17.8 Å². The van der Waals surface area contributed by atoms with E-state index in [1.165, 1.54) is 11.3 Å². The van der Waals surface area contributed by atoms with E-state index in [4.69, 9.17) is 0 Å². The molecule has 2 aromatic heterocycles. The fourth-order valence-electron chi connectivity index (χ4n) is 2.44. The van der Waals surface area contributed by atoms with Crippen molar-refractivity contribution in [1.82, 2.24) is 19.2 Å². The fraction of sp³-hybridized carbons (Fsp3) is 0.417. The standard InChI is InChI=1S/C12H15BrN4O2S2.ClH/c1-16-6-5-15-12(16)9-8-14-4-7-17(9)21(18,19)11-3-2-10(13)20-11;/h2-3,5-6,9,14H,4,7-8H2,1H3;1H. The summed E-state index contributed by atoms with van der Waals surface area (Å²) in [4.78, 5) is 4.31. The zero-order chi connectivity index (χ0) is 15.0. The maximum absolute atomic E-state index is 12.9. The molecule has 0 spiro atoms. The first kappa shape index (κ1) is 17.9. The molecular weight excluding hydrogens is 412 g/mol. The Hall–Kier alpha value is -0.450. The van der Waals surface area contributed by atoms with Crippen LogP contribution in [-0.4, -0.2) is 41.9 Å². The second-order valence-electron chi connectivity index (χ2n) is 4.79. The monoisotopic (exact) mass is 426 g/mol. The van der Waals surface area contributed by atoms with Gasteiger partial charge in [-0.05, 0) is 28.1 Å². The summed E-state index contributed by atoms with van der Waals surface area (Å²) >= 11 is 4.55. The number of aromatic nitrogens is 2. The predicted molar refractivity (Wildman–Crippen MR) is 92.0 cm³/mol. The van der Waals surface area contributed by atoms with E-state index in [1.54, 1.807) is 22.6 Å². The third-order valence-corrected chi connectivity index (χ3v) is 7.46. The summed E-state index contributed by atoms with van der Waals surface area (Å²) in [5.74, 6) is 0.751. The number of imidazole rings is 1. The Morgan fingerprint density at radius 2 is 2.23 bits per heavy atom. The zero-order valence-corrected chi connectivity index (χ0v) is 15.8. The predicted octanol–water partition coefficient (Wildman–Crippen LogP) is 2.00. The molecule has 3 rings (SSSR count). The minimum atomic E-state index is -3.50. The van der Waals surface area contributed by atoms with Gasteiger partial charge in [0.1, 0.15) is 10.0 Å². The van der Waals surface area contributed by atoms with Crippen molar-refractivity contribution >= 4 is 49.7 Å². The molecule has 1 unspecified atom stereocenters. The van der Waals surface area contributed by atoms with Gasteiger partial charge in [-0.25, -0.2) is 13.4 Å². The minimum absolute atomic E-state index is 0. The first-order valence-electron chi connectivity index (χ1n) is 6.45. The number of hydrogen-bond acceptors (Lipinski definition) is 5. The number of hydrogen-bond donors (Lipinski definition) is 1. The molecule has 0 aliphatic carbocycles. The van der Waals surface area contributed by atoms with E-state index in [2.05, 4.69) is 26.2 Å². The van der Waals surface area contributed by atoms with Crippen LogP contribution in [-0.2, 0) is 17.1 Å². The Labute approximate surface area is 148 Å². The molecule has 0 saturated carbocycles.